The van der Waals surface area contributed by atoms with Crippen LogP contribution in [0.25, 0.3) is 0 Å². The minimum absolute atomic E-state index is 0.111. The summed E-state index contributed by atoms with van der Waals surface area (Å²) in [5, 5.41) is 6.84. The van der Waals surface area contributed by atoms with Crippen molar-refractivity contribution in [2.24, 2.45) is 0 Å². The van der Waals surface area contributed by atoms with Crippen LogP contribution in [0.4, 0.5) is 4.39 Å². The molecule has 2 amide bonds. The fourth-order valence-electron chi connectivity index (χ4n) is 4.94. The predicted octanol–water partition coefficient (Wildman–Crippen LogP) is 4.23. The summed E-state index contributed by atoms with van der Waals surface area (Å²) in [6.45, 7) is 0. The van der Waals surface area contributed by atoms with Gasteiger partial charge in [-0.3, -0.25) is 9.59 Å². The van der Waals surface area contributed by atoms with Crippen molar-refractivity contribution in [1.29, 1.82) is 0 Å². The third-order valence-electron chi connectivity index (χ3n) is 7.33. The van der Waals surface area contributed by atoms with Crippen molar-refractivity contribution >= 4 is 23.4 Å². The maximum atomic E-state index is 13.4. The van der Waals surface area contributed by atoms with Crippen LogP contribution in [0.3, 0.4) is 0 Å². The van der Waals surface area contributed by atoms with Crippen molar-refractivity contribution in [3.8, 4) is 0 Å². The predicted molar refractivity (Wildman–Crippen MR) is 132 cm³/mol. The smallest absolute Gasteiger partial charge is 0.243 e. The number of carbonyl (C=O) groups is 2. The molecule has 0 radical (unpaired) electrons. The van der Waals surface area contributed by atoms with E-state index in [4.69, 9.17) is 11.6 Å². The Labute approximate surface area is 206 Å². The fourth-order valence-corrected chi connectivity index (χ4v) is 5.07. The Balaban J connectivity index is 1.46. The van der Waals surface area contributed by atoms with E-state index in [2.05, 4.69) is 29.6 Å². The third-order valence-corrected chi connectivity index (χ3v) is 7.58. The second kappa shape index (κ2) is 10.4. The Morgan fingerprint density at radius 1 is 1.03 bits per heavy atom. The highest BCUT2D eigenvalue weighted by atomic mass is 35.5. The Bertz CT molecular complexity index is 998. The van der Waals surface area contributed by atoms with Gasteiger partial charge in [0.15, 0.2) is 0 Å². The molecule has 0 spiro atoms. The van der Waals surface area contributed by atoms with Gasteiger partial charge in [0.2, 0.25) is 11.8 Å². The van der Waals surface area contributed by atoms with Crippen LogP contribution in [0, 0.1) is 5.82 Å². The van der Waals surface area contributed by atoms with Gasteiger partial charge in [0.05, 0.1) is 5.41 Å². The lowest BCUT2D eigenvalue weighted by molar-refractivity contribution is -0.130. The lowest BCUT2D eigenvalue weighted by Gasteiger charge is -2.33. The molecule has 0 aromatic heterocycles. The van der Waals surface area contributed by atoms with Gasteiger partial charge < -0.3 is 15.5 Å². The molecule has 7 heteroatoms. The van der Waals surface area contributed by atoms with Crippen molar-refractivity contribution in [3.05, 3.63) is 70.5 Å². The maximum Gasteiger partial charge on any atom is 0.243 e. The van der Waals surface area contributed by atoms with Gasteiger partial charge in [-0.2, -0.15) is 0 Å². The summed E-state index contributed by atoms with van der Waals surface area (Å²) in [5.74, 6) is -0.667. The van der Waals surface area contributed by atoms with E-state index in [0.29, 0.717) is 30.3 Å². The van der Waals surface area contributed by atoms with E-state index in [-0.39, 0.29) is 23.7 Å². The summed E-state index contributed by atoms with van der Waals surface area (Å²) in [7, 11) is 4.19. The molecule has 1 atom stereocenters. The summed E-state index contributed by atoms with van der Waals surface area (Å²) < 4.78 is 13.4. The van der Waals surface area contributed by atoms with Gasteiger partial charge in [-0.25, -0.2) is 4.39 Å². The first-order valence-electron chi connectivity index (χ1n) is 12.0. The monoisotopic (exact) mass is 485 g/mol. The number of benzene rings is 2. The number of nitrogens with zero attached hydrogens (tertiary/aromatic N) is 1. The first-order valence-corrected chi connectivity index (χ1v) is 12.4. The van der Waals surface area contributed by atoms with Gasteiger partial charge in [0.25, 0.3) is 0 Å². The zero-order valence-corrected chi connectivity index (χ0v) is 20.6. The molecular formula is C27H33ClFN3O2. The molecule has 2 N–H and O–H groups in total. The summed E-state index contributed by atoms with van der Waals surface area (Å²) >= 11 is 6.03. The normalized spacial score (nSPS) is 22.1. The van der Waals surface area contributed by atoms with E-state index >= 15 is 0 Å². The van der Waals surface area contributed by atoms with E-state index in [1.807, 2.05) is 12.1 Å². The zero-order chi connectivity index (χ0) is 24.3. The van der Waals surface area contributed by atoms with Gasteiger partial charge in [-0.1, -0.05) is 35.9 Å². The van der Waals surface area contributed by atoms with E-state index in [1.165, 1.54) is 12.1 Å². The van der Waals surface area contributed by atoms with Crippen LogP contribution in [0.15, 0.2) is 48.5 Å². The molecule has 0 aliphatic heterocycles. The first-order chi connectivity index (χ1) is 16.3. The molecule has 2 aromatic rings. The van der Waals surface area contributed by atoms with Gasteiger partial charge in [0, 0.05) is 23.5 Å². The molecule has 0 unspecified atom stereocenters. The topological polar surface area (TPSA) is 61.4 Å². The number of nitrogens with one attached hydrogen (secondary N) is 2. The largest absolute Gasteiger partial charge is 0.352 e. The minimum atomic E-state index is -0.696. The lowest BCUT2D eigenvalue weighted by atomic mass is 9.90. The second-order valence-corrected chi connectivity index (χ2v) is 10.4. The van der Waals surface area contributed by atoms with E-state index < -0.39 is 11.5 Å². The highest BCUT2D eigenvalue weighted by molar-refractivity contribution is 6.30. The minimum Gasteiger partial charge on any atom is -0.352 e. The number of amides is 2. The van der Waals surface area contributed by atoms with Crippen LogP contribution in [0.2, 0.25) is 5.02 Å². The lowest BCUT2D eigenvalue weighted by Crippen LogP contribution is -2.53. The number of carbonyl (C=O) groups excluding carboxylic acids is 2. The van der Waals surface area contributed by atoms with Gasteiger partial charge in [-0.05, 0) is 88.0 Å². The van der Waals surface area contributed by atoms with Gasteiger partial charge in [0.1, 0.15) is 11.9 Å². The Morgan fingerprint density at radius 3 is 2.21 bits per heavy atom. The Kier molecular flexibility index (Phi) is 7.58. The van der Waals surface area contributed by atoms with E-state index in [9.17, 15) is 14.0 Å². The van der Waals surface area contributed by atoms with E-state index in [1.54, 1.807) is 24.3 Å². The summed E-state index contributed by atoms with van der Waals surface area (Å²) in [4.78, 5) is 29.0. The van der Waals surface area contributed by atoms with Crippen LogP contribution in [0.1, 0.15) is 49.7 Å². The molecule has 0 bridgehead atoms. The standard InChI is InChI=1S/C27H33ClFN3O2/c1-32(2)23-13-11-22(12-14-23)30-25(33)24(17-18-3-7-20(28)8-4-18)31-26(34)27(15-16-27)19-5-9-21(29)10-6-19/h3-10,22-24H,11-17H2,1-2H3,(H,30,33)(H,31,34)/t22?,23?,24-/m1/s1. The number of hydrogen-bond acceptors (Lipinski definition) is 3. The van der Waals surface area contributed by atoms with Gasteiger partial charge >= 0.3 is 0 Å². The highest BCUT2D eigenvalue weighted by Crippen LogP contribution is 2.48. The SMILES string of the molecule is CN(C)C1CCC(NC(=O)[C@@H](Cc2ccc(Cl)cc2)NC(=O)C2(c3ccc(F)cc3)CC2)CC1. The van der Waals surface area contributed by atoms with Crippen molar-refractivity contribution in [1.82, 2.24) is 15.5 Å². The molecule has 2 aliphatic carbocycles. The molecule has 34 heavy (non-hydrogen) atoms. The number of hydrogen-bond donors (Lipinski definition) is 2. The molecule has 182 valence electrons. The molecule has 2 aliphatic rings. The van der Waals surface area contributed by atoms with Crippen molar-refractivity contribution < 1.29 is 14.0 Å². The summed E-state index contributed by atoms with van der Waals surface area (Å²) in [6, 6.07) is 13.4. The van der Waals surface area contributed by atoms with Crippen molar-refractivity contribution in [3.63, 3.8) is 0 Å². The molecule has 0 saturated heterocycles. The van der Waals surface area contributed by atoms with Crippen LogP contribution >= 0.6 is 11.6 Å². The average molecular weight is 486 g/mol. The molecule has 2 saturated carbocycles. The Hall–Kier alpha value is -2.44. The van der Waals surface area contributed by atoms with Gasteiger partial charge in [-0.15, -0.1) is 0 Å². The molecular weight excluding hydrogens is 453 g/mol. The molecule has 4 rings (SSSR count). The third kappa shape index (κ3) is 5.78. The molecule has 2 aromatic carbocycles. The average Bonchev–Trinajstić information content (AvgIpc) is 3.63. The maximum absolute atomic E-state index is 13.4. The Morgan fingerprint density at radius 2 is 1.65 bits per heavy atom. The second-order valence-electron chi connectivity index (χ2n) is 9.92. The number of rotatable bonds is 8. The van der Waals surface area contributed by atoms with Crippen LogP contribution in [-0.2, 0) is 21.4 Å². The molecule has 2 fully saturated rings. The fraction of sp³-hybridized carbons (Fsp3) is 0.481. The van der Waals surface area contributed by atoms with E-state index in [0.717, 1.165) is 36.8 Å². The highest BCUT2D eigenvalue weighted by Gasteiger charge is 2.52. The van der Waals surface area contributed by atoms with Crippen molar-refractivity contribution in [2.75, 3.05) is 14.1 Å². The van der Waals surface area contributed by atoms with Crippen molar-refractivity contribution in [2.45, 2.75) is 68.5 Å². The summed E-state index contributed by atoms with van der Waals surface area (Å²) in [5.41, 5.74) is 1.03. The number of halogens is 2. The molecule has 0 heterocycles. The first kappa shape index (κ1) is 24.7. The van der Waals surface area contributed by atoms with Crippen LogP contribution in [-0.4, -0.2) is 48.9 Å². The molecule has 5 nitrogen and oxygen atoms in total. The summed E-state index contributed by atoms with van der Waals surface area (Å²) in [6.07, 6.45) is 5.69. The quantitative estimate of drug-likeness (QED) is 0.588. The van der Waals surface area contributed by atoms with Crippen LogP contribution in [0.5, 0.6) is 0 Å². The van der Waals surface area contributed by atoms with Crippen LogP contribution < -0.4 is 10.6 Å². The zero-order valence-electron chi connectivity index (χ0n) is 19.8.